The summed E-state index contributed by atoms with van der Waals surface area (Å²) < 4.78 is 0. The van der Waals surface area contributed by atoms with E-state index in [1.54, 1.807) is 12.4 Å². The molecule has 0 bridgehead atoms. The molecule has 1 fully saturated rings. The predicted octanol–water partition coefficient (Wildman–Crippen LogP) is 1.58. The molecule has 0 unspecified atom stereocenters. The molecule has 0 amide bonds. The van der Waals surface area contributed by atoms with Crippen molar-refractivity contribution in [1.82, 2.24) is 19.9 Å². The van der Waals surface area contributed by atoms with Crippen molar-refractivity contribution in [3.63, 3.8) is 0 Å². The van der Waals surface area contributed by atoms with Crippen LogP contribution in [-0.4, -0.2) is 40.1 Å². The molecule has 0 aliphatic carbocycles. The van der Waals surface area contributed by atoms with E-state index in [9.17, 15) is 0 Å². The maximum absolute atomic E-state index is 4.57. The van der Waals surface area contributed by atoms with Crippen molar-refractivity contribution in [2.75, 3.05) is 30.4 Å². The molecule has 0 radical (unpaired) electrons. The molecule has 1 saturated heterocycles. The zero-order valence-electron chi connectivity index (χ0n) is 10.9. The zero-order valence-corrected chi connectivity index (χ0v) is 10.9. The lowest BCUT2D eigenvalue weighted by atomic mass is 10.2. The molecule has 1 N–H and O–H groups in total. The van der Waals surface area contributed by atoms with Crippen LogP contribution in [0, 0.1) is 0 Å². The lowest BCUT2D eigenvalue weighted by Gasteiger charge is -2.16. The number of aromatic nitrogens is 4. The maximum Gasteiger partial charge on any atom is 0.230 e. The summed E-state index contributed by atoms with van der Waals surface area (Å²) >= 11 is 0. The zero-order chi connectivity index (χ0) is 13.1. The monoisotopic (exact) mass is 256 g/mol. The molecule has 1 aliphatic rings. The fraction of sp³-hybridized carbons (Fsp3) is 0.385. The van der Waals surface area contributed by atoms with Crippen LogP contribution in [0.5, 0.6) is 0 Å². The summed E-state index contributed by atoms with van der Waals surface area (Å²) in [6.45, 7) is 2.03. The number of rotatable bonds is 3. The normalized spacial score (nSPS) is 14.7. The Hall–Kier alpha value is -2.24. The van der Waals surface area contributed by atoms with E-state index in [-0.39, 0.29) is 0 Å². The summed E-state index contributed by atoms with van der Waals surface area (Å²) in [5.41, 5.74) is 0.953. The molecule has 0 spiro atoms. The van der Waals surface area contributed by atoms with Crippen LogP contribution in [0.3, 0.4) is 0 Å². The average Bonchev–Trinajstić information content (AvgIpc) is 3.02. The summed E-state index contributed by atoms with van der Waals surface area (Å²) in [5.74, 6) is 2.04. The van der Waals surface area contributed by atoms with Crippen LogP contribution in [0.15, 0.2) is 24.5 Å². The third kappa shape index (κ3) is 2.47. The van der Waals surface area contributed by atoms with Crippen LogP contribution in [0.25, 0.3) is 11.4 Å². The Labute approximate surface area is 111 Å². The standard InChI is InChI=1S/C13H16N6/c1-14-12-16-11(10-4-6-15-7-5-10)17-13(18-12)19-8-2-3-9-19/h4-7H,2-3,8-9H2,1H3,(H,14,16,17,18). The highest BCUT2D eigenvalue weighted by Gasteiger charge is 2.17. The molecule has 0 atom stereocenters. The van der Waals surface area contributed by atoms with Crippen molar-refractivity contribution in [1.29, 1.82) is 0 Å². The van der Waals surface area contributed by atoms with Gasteiger partial charge in [0.15, 0.2) is 5.82 Å². The van der Waals surface area contributed by atoms with E-state index in [4.69, 9.17) is 0 Å². The molecular formula is C13H16N6. The van der Waals surface area contributed by atoms with Gasteiger partial charge in [0.1, 0.15) is 0 Å². The minimum absolute atomic E-state index is 0.601. The van der Waals surface area contributed by atoms with Crippen molar-refractivity contribution in [2.45, 2.75) is 12.8 Å². The maximum atomic E-state index is 4.57. The van der Waals surface area contributed by atoms with Gasteiger partial charge in [0, 0.05) is 38.1 Å². The van der Waals surface area contributed by atoms with Crippen LogP contribution >= 0.6 is 0 Å². The summed E-state index contributed by atoms with van der Waals surface area (Å²) in [6, 6.07) is 3.81. The lowest BCUT2D eigenvalue weighted by molar-refractivity contribution is 0.884. The Morgan fingerprint density at radius 2 is 1.79 bits per heavy atom. The molecule has 3 heterocycles. The van der Waals surface area contributed by atoms with Gasteiger partial charge in [-0.25, -0.2) is 0 Å². The summed E-state index contributed by atoms with van der Waals surface area (Å²) in [4.78, 5) is 19.6. The fourth-order valence-corrected chi connectivity index (χ4v) is 2.17. The summed E-state index contributed by atoms with van der Waals surface area (Å²) in [6.07, 6.45) is 5.89. The SMILES string of the molecule is CNc1nc(-c2ccncc2)nc(N2CCCC2)n1. The Kier molecular flexibility index (Phi) is 3.22. The van der Waals surface area contributed by atoms with Gasteiger partial charge < -0.3 is 10.2 Å². The van der Waals surface area contributed by atoms with Crippen molar-refractivity contribution in [3.8, 4) is 11.4 Å². The molecule has 19 heavy (non-hydrogen) atoms. The number of hydrogen-bond donors (Lipinski definition) is 1. The van der Waals surface area contributed by atoms with Crippen LogP contribution in [-0.2, 0) is 0 Å². The van der Waals surface area contributed by atoms with Crippen molar-refractivity contribution < 1.29 is 0 Å². The largest absolute Gasteiger partial charge is 0.357 e. The highest BCUT2D eigenvalue weighted by atomic mass is 15.3. The van der Waals surface area contributed by atoms with Crippen LogP contribution < -0.4 is 10.2 Å². The molecular weight excluding hydrogens is 240 g/mol. The molecule has 6 nitrogen and oxygen atoms in total. The molecule has 2 aromatic heterocycles. The predicted molar refractivity (Wildman–Crippen MR) is 74.1 cm³/mol. The first-order valence-corrected chi connectivity index (χ1v) is 6.46. The van der Waals surface area contributed by atoms with Crippen LogP contribution in [0.1, 0.15) is 12.8 Å². The Morgan fingerprint density at radius 1 is 1.05 bits per heavy atom. The van der Waals surface area contributed by atoms with E-state index in [1.165, 1.54) is 12.8 Å². The molecule has 98 valence electrons. The number of pyridine rings is 1. The first kappa shape index (κ1) is 11.8. The van der Waals surface area contributed by atoms with Gasteiger partial charge in [-0.15, -0.1) is 0 Å². The summed E-state index contributed by atoms with van der Waals surface area (Å²) in [5, 5.41) is 3.00. The first-order valence-electron chi connectivity index (χ1n) is 6.46. The van der Waals surface area contributed by atoms with E-state index >= 15 is 0 Å². The summed E-state index contributed by atoms with van der Waals surface area (Å²) in [7, 11) is 1.82. The average molecular weight is 256 g/mol. The van der Waals surface area contributed by atoms with Crippen molar-refractivity contribution in [2.24, 2.45) is 0 Å². The van der Waals surface area contributed by atoms with Gasteiger partial charge in [0.05, 0.1) is 0 Å². The number of anilines is 2. The molecule has 6 heteroatoms. The quantitative estimate of drug-likeness (QED) is 0.899. The third-order valence-electron chi connectivity index (χ3n) is 3.17. The Bertz CT molecular complexity index is 550. The lowest BCUT2D eigenvalue weighted by Crippen LogP contribution is -2.21. The molecule has 3 rings (SSSR count). The van der Waals surface area contributed by atoms with Crippen LogP contribution in [0.2, 0.25) is 0 Å². The molecule has 0 aromatic carbocycles. The van der Waals surface area contributed by atoms with E-state index in [2.05, 4.69) is 30.2 Å². The minimum atomic E-state index is 0.601. The Balaban J connectivity index is 2.02. The van der Waals surface area contributed by atoms with Crippen molar-refractivity contribution >= 4 is 11.9 Å². The van der Waals surface area contributed by atoms with Gasteiger partial charge >= 0.3 is 0 Å². The van der Waals surface area contributed by atoms with E-state index in [1.807, 2.05) is 19.2 Å². The highest BCUT2D eigenvalue weighted by Crippen LogP contribution is 2.21. The fourth-order valence-electron chi connectivity index (χ4n) is 2.17. The van der Waals surface area contributed by atoms with Gasteiger partial charge in [-0.05, 0) is 25.0 Å². The number of nitrogens with one attached hydrogen (secondary N) is 1. The van der Waals surface area contributed by atoms with Gasteiger partial charge in [0.25, 0.3) is 0 Å². The molecule has 0 saturated carbocycles. The van der Waals surface area contributed by atoms with E-state index in [0.717, 1.165) is 24.6 Å². The number of hydrogen-bond acceptors (Lipinski definition) is 6. The second-order valence-corrected chi connectivity index (χ2v) is 4.46. The second kappa shape index (κ2) is 5.17. The van der Waals surface area contributed by atoms with Gasteiger partial charge in [-0.2, -0.15) is 15.0 Å². The first-order chi connectivity index (χ1) is 9.36. The Morgan fingerprint density at radius 3 is 2.47 bits per heavy atom. The highest BCUT2D eigenvalue weighted by molar-refractivity contribution is 5.57. The molecule has 2 aromatic rings. The van der Waals surface area contributed by atoms with Gasteiger partial charge in [0.2, 0.25) is 11.9 Å². The van der Waals surface area contributed by atoms with E-state index in [0.29, 0.717) is 11.8 Å². The third-order valence-corrected chi connectivity index (χ3v) is 3.17. The van der Waals surface area contributed by atoms with Crippen LogP contribution in [0.4, 0.5) is 11.9 Å². The van der Waals surface area contributed by atoms with Crippen molar-refractivity contribution in [3.05, 3.63) is 24.5 Å². The van der Waals surface area contributed by atoms with Gasteiger partial charge in [-0.3, -0.25) is 4.98 Å². The molecule has 1 aliphatic heterocycles. The van der Waals surface area contributed by atoms with E-state index < -0.39 is 0 Å². The smallest absolute Gasteiger partial charge is 0.230 e. The van der Waals surface area contributed by atoms with Gasteiger partial charge in [-0.1, -0.05) is 0 Å². The number of nitrogens with zero attached hydrogens (tertiary/aromatic N) is 5. The minimum Gasteiger partial charge on any atom is -0.357 e. The second-order valence-electron chi connectivity index (χ2n) is 4.46. The topological polar surface area (TPSA) is 66.8 Å².